The SMILES string of the molecule is Cn1c(SCC(=O)Nc2nc(-c3ccc(Br)cc3)cs2)nnc1-c1ccccn1. The van der Waals surface area contributed by atoms with Crippen LogP contribution in [-0.2, 0) is 11.8 Å². The van der Waals surface area contributed by atoms with Crippen molar-refractivity contribution in [2.24, 2.45) is 7.05 Å². The first-order valence-electron chi connectivity index (χ1n) is 8.55. The third kappa shape index (κ3) is 4.72. The Balaban J connectivity index is 1.36. The number of carbonyl (C=O) groups excluding carboxylic acids is 1. The van der Waals surface area contributed by atoms with Crippen LogP contribution >= 0.6 is 39.0 Å². The molecule has 0 bridgehead atoms. The summed E-state index contributed by atoms with van der Waals surface area (Å²) >= 11 is 6.13. The van der Waals surface area contributed by atoms with E-state index in [9.17, 15) is 4.79 Å². The molecule has 0 saturated carbocycles. The van der Waals surface area contributed by atoms with Crippen LogP contribution < -0.4 is 5.32 Å². The molecule has 3 aromatic heterocycles. The Bertz CT molecular complexity index is 1130. The molecule has 0 aliphatic heterocycles. The van der Waals surface area contributed by atoms with Gasteiger partial charge in [-0.05, 0) is 24.3 Å². The van der Waals surface area contributed by atoms with Crippen LogP contribution in [-0.4, -0.2) is 36.4 Å². The van der Waals surface area contributed by atoms with E-state index in [0.717, 1.165) is 21.4 Å². The summed E-state index contributed by atoms with van der Waals surface area (Å²) in [5.41, 5.74) is 2.57. The fourth-order valence-electron chi connectivity index (χ4n) is 2.53. The first-order valence-corrected chi connectivity index (χ1v) is 11.2. The van der Waals surface area contributed by atoms with Crippen molar-refractivity contribution >= 4 is 50.1 Å². The third-order valence-electron chi connectivity index (χ3n) is 3.95. The molecule has 3 heterocycles. The quantitative estimate of drug-likeness (QED) is 0.404. The number of benzene rings is 1. The molecule has 10 heteroatoms. The second-order valence-corrected chi connectivity index (χ2v) is 8.68. The predicted octanol–water partition coefficient (Wildman–Crippen LogP) is 4.49. The van der Waals surface area contributed by atoms with Crippen molar-refractivity contribution in [3.63, 3.8) is 0 Å². The van der Waals surface area contributed by atoms with Gasteiger partial charge in [0.1, 0.15) is 5.69 Å². The molecule has 0 radical (unpaired) electrons. The Morgan fingerprint density at radius 2 is 2.00 bits per heavy atom. The lowest BCUT2D eigenvalue weighted by atomic mass is 10.2. The van der Waals surface area contributed by atoms with E-state index in [2.05, 4.69) is 41.4 Å². The predicted molar refractivity (Wildman–Crippen MR) is 119 cm³/mol. The number of thioether (sulfide) groups is 1. The molecule has 1 amide bonds. The Kier molecular flexibility index (Phi) is 6.02. The molecule has 0 spiro atoms. The molecule has 0 aliphatic rings. The van der Waals surface area contributed by atoms with Gasteiger partial charge in [-0.1, -0.05) is 45.9 Å². The van der Waals surface area contributed by atoms with E-state index < -0.39 is 0 Å². The molecule has 4 aromatic rings. The van der Waals surface area contributed by atoms with Gasteiger partial charge in [0, 0.05) is 28.7 Å². The molecule has 0 fully saturated rings. The summed E-state index contributed by atoms with van der Waals surface area (Å²) in [5.74, 6) is 0.725. The summed E-state index contributed by atoms with van der Waals surface area (Å²) in [7, 11) is 1.86. The largest absolute Gasteiger partial charge is 0.304 e. The fraction of sp³-hybridized carbons (Fsp3) is 0.105. The Hall–Kier alpha value is -2.56. The zero-order valence-electron chi connectivity index (χ0n) is 15.2. The van der Waals surface area contributed by atoms with Gasteiger partial charge in [0.05, 0.1) is 11.4 Å². The van der Waals surface area contributed by atoms with Gasteiger partial charge >= 0.3 is 0 Å². The Morgan fingerprint density at radius 1 is 1.17 bits per heavy atom. The number of carbonyl (C=O) groups is 1. The average molecular weight is 487 g/mol. The van der Waals surface area contributed by atoms with Gasteiger partial charge in [-0.25, -0.2) is 4.98 Å². The van der Waals surface area contributed by atoms with Crippen LogP contribution in [0.15, 0.2) is 63.7 Å². The molecular formula is C19H15BrN6OS2. The lowest BCUT2D eigenvalue weighted by Crippen LogP contribution is -2.14. The number of hydrogen-bond donors (Lipinski definition) is 1. The zero-order chi connectivity index (χ0) is 20.2. The summed E-state index contributed by atoms with van der Waals surface area (Å²) < 4.78 is 2.84. The Labute approximate surface area is 183 Å². The normalized spacial score (nSPS) is 10.8. The van der Waals surface area contributed by atoms with Gasteiger partial charge in [0.2, 0.25) is 5.91 Å². The van der Waals surface area contributed by atoms with Gasteiger partial charge < -0.3 is 9.88 Å². The van der Waals surface area contributed by atoms with E-state index in [0.29, 0.717) is 16.1 Å². The van der Waals surface area contributed by atoms with Crippen LogP contribution in [0.5, 0.6) is 0 Å². The highest BCUT2D eigenvalue weighted by Gasteiger charge is 2.14. The maximum absolute atomic E-state index is 12.3. The number of aromatic nitrogens is 5. The van der Waals surface area contributed by atoms with E-state index >= 15 is 0 Å². The summed E-state index contributed by atoms with van der Waals surface area (Å²) in [6, 6.07) is 13.5. The maximum atomic E-state index is 12.3. The lowest BCUT2D eigenvalue weighted by Gasteiger charge is -2.03. The van der Waals surface area contributed by atoms with E-state index in [4.69, 9.17) is 0 Å². The molecule has 4 rings (SSSR count). The van der Waals surface area contributed by atoms with Crippen LogP contribution in [0.1, 0.15) is 0 Å². The van der Waals surface area contributed by atoms with E-state index in [1.807, 2.05) is 59.5 Å². The third-order valence-corrected chi connectivity index (χ3v) is 6.26. The van der Waals surface area contributed by atoms with Crippen molar-refractivity contribution in [1.82, 2.24) is 24.7 Å². The number of amides is 1. The standard InChI is InChI=1S/C19H15BrN6OS2/c1-26-17(14-4-2-3-9-21-14)24-25-19(26)29-11-16(27)23-18-22-15(10-28-18)12-5-7-13(20)8-6-12/h2-10H,11H2,1H3,(H,22,23,27). The van der Waals surface area contributed by atoms with Crippen LogP contribution in [0.2, 0.25) is 0 Å². The molecule has 1 aromatic carbocycles. The van der Waals surface area contributed by atoms with Crippen LogP contribution in [0.25, 0.3) is 22.8 Å². The topological polar surface area (TPSA) is 85.6 Å². The summed E-state index contributed by atoms with van der Waals surface area (Å²) in [4.78, 5) is 21.1. The highest BCUT2D eigenvalue weighted by molar-refractivity contribution is 9.10. The highest BCUT2D eigenvalue weighted by atomic mass is 79.9. The Morgan fingerprint density at radius 3 is 2.76 bits per heavy atom. The molecule has 0 atom stereocenters. The van der Waals surface area contributed by atoms with Gasteiger partial charge in [-0.15, -0.1) is 21.5 Å². The number of anilines is 1. The summed E-state index contributed by atoms with van der Waals surface area (Å²) in [5, 5.41) is 14.3. The van der Waals surface area contributed by atoms with Crippen molar-refractivity contribution < 1.29 is 4.79 Å². The van der Waals surface area contributed by atoms with E-state index in [-0.39, 0.29) is 11.7 Å². The van der Waals surface area contributed by atoms with Crippen LogP contribution in [0.4, 0.5) is 5.13 Å². The van der Waals surface area contributed by atoms with Crippen LogP contribution in [0, 0.1) is 0 Å². The number of thiazole rings is 1. The zero-order valence-corrected chi connectivity index (χ0v) is 18.5. The monoisotopic (exact) mass is 486 g/mol. The number of nitrogens with zero attached hydrogens (tertiary/aromatic N) is 5. The second kappa shape index (κ2) is 8.85. The molecule has 146 valence electrons. The minimum Gasteiger partial charge on any atom is -0.304 e. The van der Waals surface area contributed by atoms with E-state index in [1.165, 1.54) is 23.1 Å². The van der Waals surface area contributed by atoms with Gasteiger partial charge in [0.15, 0.2) is 16.1 Å². The molecule has 1 N–H and O–H groups in total. The molecule has 0 aliphatic carbocycles. The number of rotatable bonds is 6. The van der Waals surface area contributed by atoms with E-state index in [1.54, 1.807) is 6.20 Å². The highest BCUT2D eigenvalue weighted by Crippen LogP contribution is 2.26. The van der Waals surface area contributed by atoms with Crippen molar-refractivity contribution in [2.45, 2.75) is 5.16 Å². The van der Waals surface area contributed by atoms with Gasteiger partial charge in [-0.3, -0.25) is 9.78 Å². The average Bonchev–Trinajstić information content (AvgIpc) is 3.34. The molecule has 0 saturated heterocycles. The van der Waals surface area contributed by atoms with Crippen molar-refractivity contribution in [3.8, 4) is 22.8 Å². The fourth-order valence-corrected chi connectivity index (χ4v) is 4.24. The van der Waals surface area contributed by atoms with Gasteiger partial charge in [0.25, 0.3) is 0 Å². The number of halogens is 1. The van der Waals surface area contributed by atoms with Gasteiger partial charge in [-0.2, -0.15) is 0 Å². The lowest BCUT2D eigenvalue weighted by molar-refractivity contribution is -0.113. The number of nitrogens with one attached hydrogen (secondary N) is 1. The van der Waals surface area contributed by atoms with Crippen molar-refractivity contribution in [1.29, 1.82) is 0 Å². The summed E-state index contributed by atoms with van der Waals surface area (Å²) in [6.07, 6.45) is 1.71. The van der Waals surface area contributed by atoms with Crippen molar-refractivity contribution in [2.75, 3.05) is 11.1 Å². The second-order valence-electron chi connectivity index (χ2n) is 5.96. The molecular weight excluding hydrogens is 472 g/mol. The summed E-state index contributed by atoms with van der Waals surface area (Å²) in [6.45, 7) is 0. The van der Waals surface area contributed by atoms with Crippen molar-refractivity contribution in [3.05, 3.63) is 58.5 Å². The smallest absolute Gasteiger partial charge is 0.236 e. The maximum Gasteiger partial charge on any atom is 0.236 e. The first-order chi connectivity index (χ1) is 14.1. The minimum absolute atomic E-state index is 0.144. The minimum atomic E-state index is -0.144. The molecule has 29 heavy (non-hydrogen) atoms. The van der Waals surface area contributed by atoms with Crippen LogP contribution in [0.3, 0.4) is 0 Å². The number of pyridine rings is 1. The molecule has 0 unspecified atom stereocenters. The first kappa shape index (κ1) is 19.7. The number of hydrogen-bond acceptors (Lipinski definition) is 7. The molecule has 7 nitrogen and oxygen atoms in total.